The maximum absolute atomic E-state index is 11.5. The van der Waals surface area contributed by atoms with Gasteiger partial charge in [-0.25, -0.2) is 0 Å². The van der Waals surface area contributed by atoms with Crippen LogP contribution in [0.2, 0.25) is 0 Å². The summed E-state index contributed by atoms with van der Waals surface area (Å²) >= 11 is 3.30. The molecule has 1 rings (SSSR count). The van der Waals surface area contributed by atoms with Crippen molar-refractivity contribution in [2.24, 2.45) is 0 Å². The van der Waals surface area contributed by atoms with Crippen molar-refractivity contribution in [2.45, 2.75) is 19.3 Å². The first kappa shape index (κ1) is 11.1. The monoisotopic (exact) mass is 254 g/mol. The molecule has 0 aromatic heterocycles. The molecule has 0 saturated heterocycles. The molecule has 3 heteroatoms. The third-order valence-electron chi connectivity index (χ3n) is 1.89. The summed E-state index contributed by atoms with van der Waals surface area (Å²) in [7, 11) is 0. The van der Waals surface area contributed by atoms with E-state index in [-0.39, 0.29) is 5.78 Å². The molecule has 2 nitrogen and oxygen atoms in total. The Kier molecular flexibility index (Phi) is 4.53. The lowest BCUT2D eigenvalue weighted by atomic mass is 10.1. The van der Waals surface area contributed by atoms with Crippen LogP contribution in [0.5, 0.6) is 0 Å². The number of rotatable bonds is 5. The van der Waals surface area contributed by atoms with Crippen LogP contribution in [0.4, 0.5) is 0 Å². The minimum atomic E-state index is 0.0966. The van der Waals surface area contributed by atoms with Gasteiger partial charge in [0.1, 0.15) is 6.29 Å². The summed E-state index contributed by atoms with van der Waals surface area (Å²) in [6.07, 6.45) is 2.38. The number of hydrogen-bond acceptors (Lipinski definition) is 2. The van der Waals surface area contributed by atoms with E-state index in [0.29, 0.717) is 24.8 Å². The Balaban J connectivity index is 2.52. The van der Waals surface area contributed by atoms with E-state index in [2.05, 4.69) is 15.9 Å². The molecule has 0 spiro atoms. The first-order chi connectivity index (χ1) is 6.74. The van der Waals surface area contributed by atoms with E-state index in [0.717, 1.165) is 10.8 Å². The fourth-order valence-electron chi connectivity index (χ4n) is 1.13. The van der Waals surface area contributed by atoms with Crippen molar-refractivity contribution in [1.82, 2.24) is 0 Å². The largest absolute Gasteiger partial charge is 0.303 e. The van der Waals surface area contributed by atoms with Gasteiger partial charge in [0.05, 0.1) is 0 Å². The predicted molar refractivity (Wildman–Crippen MR) is 58.4 cm³/mol. The highest BCUT2D eigenvalue weighted by Gasteiger charge is 2.04. The molecule has 0 amide bonds. The first-order valence-electron chi connectivity index (χ1n) is 4.46. The van der Waals surface area contributed by atoms with Crippen molar-refractivity contribution in [3.05, 3.63) is 34.3 Å². The number of aldehydes is 1. The van der Waals surface area contributed by atoms with Gasteiger partial charge in [-0.1, -0.05) is 28.1 Å². The van der Waals surface area contributed by atoms with Crippen LogP contribution in [0.1, 0.15) is 29.6 Å². The van der Waals surface area contributed by atoms with Gasteiger partial charge >= 0.3 is 0 Å². The van der Waals surface area contributed by atoms with Crippen molar-refractivity contribution in [2.75, 3.05) is 0 Å². The minimum absolute atomic E-state index is 0.0966. The average molecular weight is 255 g/mol. The number of hydrogen-bond donors (Lipinski definition) is 0. The van der Waals surface area contributed by atoms with Crippen molar-refractivity contribution in [3.63, 3.8) is 0 Å². The summed E-state index contributed by atoms with van der Waals surface area (Å²) in [6.45, 7) is 0. The van der Waals surface area contributed by atoms with Crippen LogP contribution in [0.15, 0.2) is 28.7 Å². The molecular weight excluding hydrogens is 244 g/mol. The topological polar surface area (TPSA) is 34.1 Å². The second-order valence-corrected chi connectivity index (χ2v) is 3.90. The minimum Gasteiger partial charge on any atom is -0.303 e. The molecule has 1 aromatic carbocycles. The molecule has 0 aliphatic rings. The number of Topliss-reactive ketones (excluding diaryl/α,β-unsaturated/α-hetero) is 1. The summed E-state index contributed by atoms with van der Waals surface area (Å²) in [6, 6.07) is 7.25. The SMILES string of the molecule is O=CCCCC(=O)c1ccc(Br)cc1. The molecule has 14 heavy (non-hydrogen) atoms. The van der Waals surface area contributed by atoms with Gasteiger partial charge in [0.2, 0.25) is 0 Å². The van der Waals surface area contributed by atoms with Crippen molar-refractivity contribution in [3.8, 4) is 0 Å². The fraction of sp³-hybridized carbons (Fsp3) is 0.273. The number of halogens is 1. The van der Waals surface area contributed by atoms with E-state index in [4.69, 9.17) is 0 Å². The molecule has 0 aliphatic heterocycles. The maximum atomic E-state index is 11.5. The van der Waals surface area contributed by atoms with Gasteiger partial charge in [-0.2, -0.15) is 0 Å². The standard InChI is InChI=1S/C11H11BrO2/c12-10-6-4-9(5-7-10)11(14)3-1-2-8-13/h4-8H,1-3H2. The molecule has 0 fully saturated rings. The first-order valence-corrected chi connectivity index (χ1v) is 5.25. The van der Waals surface area contributed by atoms with Gasteiger partial charge in [0, 0.05) is 22.9 Å². The third kappa shape index (κ3) is 3.42. The van der Waals surface area contributed by atoms with E-state index in [1.807, 2.05) is 12.1 Å². The van der Waals surface area contributed by atoms with E-state index >= 15 is 0 Å². The Hall–Kier alpha value is -0.960. The van der Waals surface area contributed by atoms with Crippen LogP contribution >= 0.6 is 15.9 Å². The molecule has 0 radical (unpaired) electrons. The van der Waals surface area contributed by atoms with Crippen LogP contribution in [0, 0.1) is 0 Å². The van der Waals surface area contributed by atoms with Crippen molar-refractivity contribution in [1.29, 1.82) is 0 Å². The van der Waals surface area contributed by atoms with Crippen LogP contribution in [0.25, 0.3) is 0 Å². The summed E-state index contributed by atoms with van der Waals surface area (Å²) in [5, 5.41) is 0. The molecule has 0 heterocycles. The van der Waals surface area contributed by atoms with Crippen LogP contribution in [-0.2, 0) is 4.79 Å². The zero-order chi connectivity index (χ0) is 10.4. The van der Waals surface area contributed by atoms with Gasteiger partial charge < -0.3 is 4.79 Å². The number of carbonyl (C=O) groups is 2. The van der Waals surface area contributed by atoms with Gasteiger partial charge in [-0.05, 0) is 18.6 Å². The number of ketones is 1. The van der Waals surface area contributed by atoms with Crippen LogP contribution in [0.3, 0.4) is 0 Å². The average Bonchev–Trinajstić information content (AvgIpc) is 2.19. The van der Waals surface area contributed by atoms with E-state index in [9.17, 15) is 9.59 Å². The fourth-order valence-corrected chi connectivity index (χ4v) is 1.39. The summed E-state index contributed by atoms with van der Waals surface area (Å²) in [4.78, 5) is 21.5. The molecule has 0 unspecified atom stereocenters. The number of benzene rings is 1. The summed E-state index contributed by atoms with van der Waals surface area (Å²) in [5.41, 5.74) is 0.707. The molecule has 0 saturated carbocycles. The zero-order valence-corrected chi connectivity index (χ0v) is 9.29. The maximum Gasteiger partial charge on any atom is 0.162 e. The van der Waals surface area contributed by atoms with Crippen molar-refractivity contribution >= 4 is 28.0 Å². The van der Waals surface area contributed by atoms with Gasteiger partial charge in [0.25, 0.3) is 0 Å². The number of carbonyl (C=O) groups excluding carboxylic acids is 2. The lowest BCUT2D eigenvalue weighted by molar-refractivity contribution is -0.107. The quantitative estimate of drug-likeness (QED) is 0.460. The third-order valence-corrected chi connectivity index (χ3v) is 2.42. The molecule has 0 aliphatic carbocycles. The van der Waals surface area contributed by atoms with Gasteiger partial charge in [0.15, 0.2) is 5.78 Å². The second-order valence-electron chi connectivity index (χ2n) is 2.99. The lowest BCUT2D eigenvalue weighted by Crippen LogP contribution is -1.98. The van der Waals surface area contributed by atoms with E-state index in [1.54, 1.807) is 12.1 Å². The Morgan fingerprint density at radius 1 is 1.29 bits per heavy atom. The molecule has 1 aromatic rings. The van der Waals surface area contributed by atoms with Gasteiger partial charge in [-0.15, -0.1) is 0 Å². The van der Waals surface area contributed by atoms with E-state index < -0.39 is 0 Å². The Morgan fingerprint density at radius 3 is 2.50 bits per heavy atom. The smallest absolute Gasteiger partial charge is 0.162 e. The molecule has 0 bridgehead atoms. The molecular formula is C11H11BrO2. The normalized spacial score (nSPS) is 9.79. The van der Waals surface area contributed by atoms with E-state index in [1.165, 1.54) is 0 Å². The van der Waals surface area contributed by atoms with Gasteiger partial charge in [-0.3, -0.25) is 4.79 Å². The molecule has 0 N–H and O–H groups in total. The predicted octanol–water partition coefficient (Wildman–Crippen LogP) is 3.00. The Labute approximate surface area is 91.4 Å². The summed E-state index contributed by atoms with van der Waals surface area (Å²) < 4.78 is 0.960. The summed E-state index contributed by atoms with van der Waals surface area (Å²) in [5.74, 6) is 0.0966. The molecule has 0 atom stereocenters. The Bertz CT molecular complexity index is 317. The highest BCUT2D eigenvalue weighted by atomic mass is 79.9. The highest BCUT2D eigenvalue weighted by Crippen LogP contribution is 2.12. The van der Waals surface area contributed by atoms with Crippen LogP contribution in [-0.4, -0.2) is 12.1 Å². The van der Waals surface area contributed by atoms with Crippen molar-refractivity contribution < 1.29 is 9.59 Å². The Morgan fingerprint density at radius 2 is 1.93 bits per heavy atom. The number of unbranched alkanes of at least 4 members (excludes halogenated alkanes) is 1. The van der Waals surface area contributed by atoms with Crippen LogP contribution < -0.4 is 0 Å². The lowest BCUT2D eigenvalue weighted by Gasteiger charge is -1.99. The second kappa shape index (κ2) is 5.70. The zero-order valence-electron chi connectivity index (χ0n) is 7.70. The molecule has 74 valence electrons. The highest BCUT2D eigenvalue weighted by molar-refractivity contribution is 9.10.